The third kappa shape index (κ3) is 2.81. The van der Waals surface area contributed by atoms with Crippen molar-refractivity contribution in [1.29, 1.82) is 0 Å². The minimum Gasteiger partial charge on any atom is -0.497 e. The second-order valence-electron chi connectivity index (χ2n) is 6.85. The van der Waals surface area contributed by atoms with Crippen LogP contribution in [0.15, 0.2) is 85.1 Å². The number of hydrogen-bond donors (Lipinski definition) is 0. The first-order valence-electron chi connectivity index (χ1n) is 9.47. The maximum absolute atomic E-state index is 5.36. The second-order valence-corrected chi connectivity index (χ2v) is 6.85. The van der Waals surface area contributed by atoms with Gasteiger partial charge < -0.3 is 9.47 Å². The van der Waals surface area contributed by atoms with Crippen LogP contribution in [-0.2, 0) is 0 Å². The Kier molecular flexibility index (Phi) is 4.17. The summed E-state index contributed by atoms with van der Waals surface area (Å²) < 4.78 is 12.7. The Balaban J connectivity index is 1.90. The smallest absolute Gasteiger partial charge is 0.118 e. The Morgan fingerprint density at radius 3 is 1.86 bits per heavy atom. The van der Waals surface area contributed by atoms with Crippen molar-refractivity contribution >= 4 is 16.3 Å². The zero-order valence-corrected chi connectivity index (χ0v) is 16.3. The largest absolute Gasteiger partial charge is 0.497 e. The molecule has 5 rings (SSSR count). The average molecular weight is 380 g/mol. The molecule has 0 bridgehead atoms. The number of methoxy groups -OCH3 is 2. The summed E-state index contributed by atoms with van der Waals surface area (Å²) in [7, 11) is 3.36. The van der Waals surface area contributed by atoms with Gasteiger partial charge >= 0.3 is 0 Å². The normalized spacial score (nSPS) is 11.1. The Labute approximate surface area is 168 Å². The van der Waals surface area contributed by atoms with Gasteiger partial charge in [-0.2, -0.15) is 5.10 Å². The molecule has 2 aromatic heterocycles. The highest BCUT2D eigenvalue weighted by Gasteiger charge is 2.18. The molecule has 0 aliphatic carbocycles. The number of pyridine rings is 1. The minimum absolute atomic E-state index is 0.831. The van der Waals surface area contributed by atoms with E-state index in [9.17, 15) is 0 Å². The summed E-state index contributed by atoms with van der Waals surface area (Å²) in [6.07, 6.45) is 1.85. The van der Waals surface area contributed by atoms with Gasteiger partial charge in [-0.15, -0.1) is 0 Å². The van der Waals surface area contributed by atoms with Crippen molar-refractivity contribution in [1.82, 2.24) is 9.61 Å². The molecule has 29 heavy (non-hydrogen) atoms. The Hall–Kier alpha value is -3.79. The number of fused-ring (bicyclic) bond motifs is 3. The molecule has 0 saturated heterocycles. The molecule has 0 spiro atoms. The summed E-state index contributed by atoms with van der Waals surface area (Å²) in [5.41, 5.74) is 5.48. The summed E-state index contributed by atoms with van der Waals surface area (Å²) >= 11 is 0. The topological polar surface area (TPSA) is 35.8 Å². The van der Waals surface area contributed by atoms with E-state index in [4.69, 9.17) is 9.47 Å². The van der Waals surface area contributed by atoms with E-state index < -0.39 is 0 Å². The summed E-state index contributed by atoms with van der Waals surface area (Å²) in [5, 5.41) is 7.03. The molecule has 0 saturated carbocycles. The molecule has 0 aliphatic heterocycles. The summed E-state index contributed by atoms with van der Waals surface area (Å²) in [5.74, 6) is 1.67. The van der Waals surface area contributed by atoms with Crippen LogP contribution in [0.25, 0.3) is 38.7 Å². The van der Waals surface area contributed by atoms with E-state index in [0.717, 1.165) is 39.4 Å². The zero-order chi connectivity index (χ0) is 19.8. The van der Waals surface area contributed by atoms with E-state index in [-0.39, 0.29) is 0 Å². The van der Waals surface area contributed by atoms with E-state index in [0.29, 0.717) is 0 Å². The molecule has 0 radical (unpaired) electrons. The van der Waals surface area contributed by atoms with Crippen LogP contribution < -0.4 is 9.47 Å². The van der Waals surface area contributed by atoms with Gasteiger partial charge in [0, 0.05) is 16.5 Å². The Morgan fingerprint density at radius 1 is 0.655 bits per heavy atom. The van der Waals surface area contributed by atoms with Crippen molar-refractivity contribution in [2.24, 2.45) is 0 Å². The molecule has 3 aromatic carbocycles. The summed E-state index contributed by atoms with van der Waals surface area (Å²) in [4.78, 5) is 0. The fourth-order valence-corrected chi connectivity index (χ4v) is 3.91. The quantitative estimate of drug-likeness (QED) is 0.393. The van der Waals surface area contributed by atoms with Gasteiger partial charge in [-0.05, 0) is 53.4 Å². The lowest BCUT2D eigenvalue weighted by Gasteiger charge is -2.17. The zero-order valence-electron chi connectivity index (χ0n) is 16.3. The van der Waals surface area contributed by atoms with Gasteiger partial charge in [-0.1, -0.05) is 36.4 Å². The van der Waals surface area contributed by atoms with E-state index in [1.165, 1.54) is 10.8 Å². The SMILES string of the molecule is COc1ccc(-c2c(-c3ccc(OC)cc3)n3nccc3c3ccccc23)cc1. The summed E-state index contributed by atoms with van der Waals surface area (Å²) in [6.45, 7) is 0. The van der Waals surface area contributed by atoms with Gasteiger partial charge in [0.1, 0.15) is 11.5 Å². The maximum atomic E-state index is 5.36. The van der Waals surface area contributed by atoms with Crippen LogP contribution >= 0.6 is 0 Å². The predicted octanol–water partition coefficient (Wildman–Crippen LogP) is 5.84. The average Bonchev–Trinajstić information content (AvgIpc) is 3.28. The number of aromatic nitrogens is 2. The molecule has 0 N–H and O–H groups in total. The van der Waals surface area contributed by atoms with E-state index in [2.05, 4.69) is 59.7 Å². The lowest BCUT2D eigenvalue weighted by Crippen LogP contribution is -1.99. The number of rotatable bonds is 4. The Bertz CT molecular complexity index is 1300. The van der Waals surface area contributed by atoms with E-state index >= 15 is 0 Å². The molecule has 0 unspecified atom stereocenters. The highest BCUT2D eigenvalue weighted by atomic mass is 16.5. The molecule has 5 aromatic rings. The van der Waals surface area contributed by atoms with E-state index in [1.54, 1.807) is 14.2 Å². The third-order valence-electron chi connectivity index (χ3n) is 5.31. The number of hydrogen-bond acceptors (Lipinski definition) is 3. The van der Waals surface area contributed by atoms with Crippen LogP contribution in [0.2, 0.25) is 0 Å². The van der Waals surface area contributed by atoms with Crippen LogP contribution in [0.4, 0.5) is 0 Å². The first-order chi connectivity index (χ1) is 14.3. The second kappa shape index (κ2) is 6.99. The van der Waals surface area contributed by atoms with Gasteiger partial charge in [0.25, 0.3) is 0 Å². The molecule has 4 heteroatoms. The van der Waals surface area contributed by atoms with Crippen LogP contribution in [0, 0.1) is 0 Å². The molecule has 0 atom stereocenters. The standard InChI is InChI=1S/C25H20N2O2/c1-28-19-11-7-17(8-12-19)24-22-6-4-3-5-21(22)23-15-16-26-27(23)25(24)18-9-13-20(29-2)14-10-18/h3-16H,1-2H3. The van der Waals surface area contributed by atoms with Crippen LogP contribution in [0.1, 0.15) is 0 Å². The fraction of sp³-hybridized carbons (Fsp3) is 0.0800. The molecule has 2 heterocycles. The first kappa shape index (κ1) is 17.3. The summed E-state index contributed by atoms with van der Waals surface area (Å²) in [6, 6.07) is 26.9. The lowest BCUT2D eigenvalue weighted by molar-refractivity contribution is 0.414. The minimum atomic E-state index is 0.831. The van der Waals surface area contributed by atoms with Gasteiger partial charge in [-0.25, -0.2) is 4.52 Å². The molecule has 0 fully saturated rings. The monoisotopic (exact) mass is 380 g/mol. The molecule has 0 amide bonds. The van der Waals surface area contributed by atoms with Crippen molar-refractivity contribution < 1.29 is 9.47 Å². The molecule has 142 valence electrons. The number of benzene rings is 3. The van der Waals surface area contributed by atoms with Crippen LogP contribution in [-0.4, -0.2) is 23.8 Å². The number of ether oxygens (including phenoxy) is 2. The Morgan fingerprint density at radius 2 is 1.24 bits per heavy atom. The molecule has 0 aliphatic rings. The van der Waals surface area contributed by atoms with Crippen molar-refractivity contribution in [2.75, 3.05) is 14.2 Å². The van der Waals surface area contributed by atoms with Crippen molar-refractivity contribution in [2.45, 2.75) is 0 Å². The molecule has 4 nitrogen and oxygen atoms in total. The van der Waals surface area contributed by atoms with Crippen LogP contribution in [0.5, 0.6) is 11.5 Å². The lowest BCUT2D eigenvalue weighted by atomic mass is 9.93. The van der Waals surface area contributed by atoms with Gasteiger partial charge in [0.2, 0.25) is 0 Å². The molecular formula is C25H20N2O2. The highest BCUT2D eigenvalue weighted by Crippen LogP contribution is 2.40. The highest BCUT2D eigenvalue weighted by molar-refractivity contribution is 6.09. The number of nitrogens with zero attached hydrogens (tertiary/aromatic N) is 2. The van der Waals surface area contributed by atoms with Gasteiger partial charge in [0.05, 0.1) is 31.6 Å². The fourth-order valence-electron chi connectivity index (χ4n) is 3.91. The van der Waals surface area contributed by atoms with Crippen molar-refractivity contribution in [3.63, 3.8) is 0 Å². The maximum Gasteiger partial charge on any atom is 0.118 e. The first-order valence-corrected chi connectivity index (χ1v) is 9.47. The predicted molar refractivity (Wildman–Crippen MR) is 117 cm³/mol. The van der Waals surface area contributed by atoms with Gasteiger partial charge in [-0.3, -0.25) is 0 Å². The van der Waals surface area contributed by atoms with Crippen molar-refractivity contribution in [3.8, 4) is 33.9 Å². The molecular weight excluding hydrogens is 360 g/mol. The third-order valence-corrected chi connectivity index (χ3v) is 5.31. The van der Waals surface area contributed by atoms with E-state index in [1.807, 2.05) is 35.0 Å². The van der Waals surface area contributed by atoms with Crippen molar-refractivity contribution in [3.05, 3.63) is 85.1 Å². The van der Waals surface area contributed by atoms with Crippen LogP contribution in [0.3, 0.4) is 0 Å². The van der Waals surface area contributed by atoms with Gasteiger partial charge in [0.15, 0.2) is 0 Å².